The topological polar surface area (TPSA) is 107 Å². The Bertz CT molecular complexity index is 975. The molecule has 0 aliphatic rings. The highest BCUT2D eigenvalue weighted by Gasteiger charge is 2.15. The lowest BCUT2D eigenvalue weighted by molar-refractivity contribution is -0.117. The summed E-state index contributed by atoms with van der Waals surface area (Å²) in [5.41, 5.74) is 1.44. The fraction of sp³-hybridized carbons (Fsp3) is 0.190. The van der Waals surface area contributed by atoms with Crippen molar-refractivity contribution in [2.75, 3.05) is 19.5 Å². The van der Waals surface area contributed by atoms with E-state index in [0.29, 0.717) is 17.2 Å². The first-order valence-corrected chi connectivity index (χ1v) is 9.39. The average Bonchev–Trinajstić information content (AvgIpc) is 2.74. The third-order valence-corrected chi connectivity index (χ3v) is 4.62. The number of thiocyanates is 1. The van der Waals surface area contributed by atoms with E-state index in [1.807, 2.05) is 24.5 Å². The number of nitrogens with zero attached hydrogens (tertiary/aromatic N) is 2. The number of benzene rings is 2. The van der Waals surface area contributed by atoms with Gasteiger partial charge in [0.05, 0.1) is 20.3 Å². The van der Waals surface area contributed by atoms with Gasteiger partial charge in [-0.25, -0.2) is 0 Å². The molecule has 0 spiro atoms. The first-order chi connectivity index (χ1) is 14.0. The van der Waals surface area contributed by atoms with E-state index in [-0.39, 0.29) is 11.6 Å². The van der Waals surface area contributed by atoms with Crippen LogP contribution in [0.15, 0.2) is 59.1 Å². The SMILES string of the molecule is COc1ccc(C(C)NC(=O)/C(C#N)=C\Nc2ccc(SC#N)cc2)cc1OC. The molecule has 7 nitrogen and oxygen atoms in total. The molecule has 2 N–H and O–H groups in total. The van der Waals surface area contributed by atoms with Crippen LogP contribution in [0.25, 0.3) is 0 Å². The number of hydrogen-bond donors (Lipinski definition) is 2. The van der Waals surface area contributed by atoms with Crippen molar-refractivity contribution >= 4 is 23.4 Å². The van der Waals surface area contributed by atoms with Gasteiger partial charge in [-0.05, 0) is 60.6 Å². The molecule has 0 radical (unpaired) electrons. The third kappa shape index (κ3) is 5.93. The number of hydrogen-bond acceptors (Lipinski definition) is 7. The molecule has 1 unspecified atom stereocenters. The largest absolute Gasteiger partial charge is 0.493 e. The first kappa shape index (κ1) is 21.7. The van der Waals surface area contributed by atoms with Crippen molar-refractivity contribution in [2.45, 2.75) is 17.9 Å². The molecule has 148 valence electrons. The Hall–Kier alpha value is -3.62. The van der Waals surface area contributed by atoms with Crippen LogP contribution in [-0.4, -0.2) is 20.1 Å². The number of rotatable bonds is 8. The molecule has 0 aliphatic carbocycles. The third-order valence-electron chi connectivity index (χ3n) is 4.02. The Balaban J connectivity index is 2.06. The summed E-state index contributed by atoms with van der Waals surface area (Å²) < 4.78 is 10.5. The maximum Gasteiger partial charge on any atom is 0.263 e. The molecule has 0 aliphatic heterocycles. The van der Waals surface area contributed by atoms with E-state index in [9.17, 15) is 10.1 Å². The molecule has 0 aromatic heterocycles. The molecule has 2 rings (SSSR count). The van der Waals surface area contributed by atoms with Gasteiger partial charge in [0.25, 0.3) is 5.91 Å². The fourth-order valence-corrected chi connectivity index (χ4v) is 2.83. The molecule has 1 amide bonds. The van der Waals surface area contributed by atoms with Crippen molar-refractivity contribution in [2.24, 2.45) is 0 Å². The van der Waals surface area contributed by atoms with Crippen LogP contribution in [0.2, 0.25) is 0 Å². The summed E-state index contributed by atoms with van der Waals surface area (Å²) in [6.45, 7) is 1.81. The lowest BCUT2D eigenvalue weighted by atomic mass is 10.1. The molecule has 0 fully saturated rings. The summed E-state index contributed by atoms with van der Waals surface area (Å²) in [5.74, 6) is 0.650. The predicted octanol–water partition coefficient (Wildman–Crippen LogP) is 3.97. The van der Waals surface area contributed by atoms with E-state index in [1.165, 1.54) is 6.20 Å². The summed E-state index contributed by atoms with van der Waals surface area (Å²) in [6, 6.07) is 14.0. The fourth-order valence-electron chi connectivity index (χ4n) is 2.46. The maximum atomic E-state index is 12.5. The second-order valence-corrected chi connectivity index (χ2v) is 6.70. The highest BCUT2D eigenvalue weighted by atomic mass is 32.2. The van der Waals surface area contributed by atoms with E-state index in [0.717, 1.165) is 22.2 Å². The molecule has 0 saturated heterocycles. The zero-order valence-electron chi connectivity index (χ0n) is 16.2. The molecule has 8 heteroatoms. The normalized spacial score (nSPS) is 11.6. The Morgan fingerprint density at radius 3 is 2.38 bits per heavy atom. The van der Waals surface area contributed by atoms with Crippen LogP contribution in [0.4, 0.5) is 5.69 Å². The van der Waals surface area contributed by atoms with Crippen LogP contribution < -0.4 is 20.1 Å². The van der Waals surface area contributed by atoms with Crippen molar-refractivity contribution in [3.8, 4) is 23.0 Å². The second-order valence-electron chi connectivity index (χ2n) is 5.84. The molecule has 1 atom stereocenters. The quantitative estimate of drug-likeness (QED) is 0.294. The number of carbonyl (C=O) groups is 1. The maximum absolute atomic E-state index is 12.5. The first-order valence-electron chi connectivity index (χ1n) is 8.58. The Morgan fingerprint density at radius 2 is 1.79 bits per heavy atom. The number of anilines is 1. The number of ether oxygens (including phenoxy) is 2. The van der Waals surface area contributed by atoms with Gasteiger partial charge >= 0.3 is 0 Å². The van der Waals surface area contributed by atoms with Crippen LogP contribution in [0.1, 0.15) is 18.5 Å². The zero-order valence-corrected chi connectivity index (χ0v) is 17.0. The summed E-state index contributed by atoms with van der Waals surface area (Å²) in [4.78, 5) is 13.3. The number of amides is 1. The molecular formula is C21H20N4O3S. The molecule has 2 aromatic rings. The summed E-state index contributed by atoms with van der Waals surface area (Å²) in [5, 5.41) is 25.7. The predicted molar refractivity (Wildman–Crippen MR) is 111 cm³/mol. The molecule has 0 bridgehead atoms. The van der Waals surface area contributed by atoms with Crippen LogP contribution in [-0.2, 0) is 4.79 Å². The van der Waals surface area contributed by atoms with Gasteiger partial charge in [0.15, 0.2) is 11.5 Å². The van der Waals surface area contributed by atoms with Crippen molar-refractivity contribution in [3.05, 3.63) is 59.8 Å². The molecule has 2 aromatic carbocycles. The lowest BCUT2D eigenvalue weighted by Gasteiger charge is -2.16. The van der Waals surface area contributed by atoms with Crippen LogP contribution in [0, 0.1) is 22.0 Å². The van der Waals surface area contributed by atoms with Gasteiger partial charge < -0.3 is 20.1 Å². The van der Waals surface area contributed by atoms with Gasteiger partial charge in [0, 0.05) is 16.8 Å². The highest BCUT2D eigenvalue weighted by molar-refractivity contribution is 8.03. The number of nitriles is 2. The number of methoxy groups -OCH3 is 2. The van der Waals surface area contributed by atoms with Crippen LogP contribution in [0.5, 0.6) is 11.5 Å². The number of carbonyl (C=O) groups excluding carboxylic acids is 1. The number of thioether (sulfide) groups is 1. The molecule has 29 heavy (non-hydrogen) atoms. The summed E-state index contributed by atoms with van der Waals surface area (Å²) >= 11 is 1.06. The van der Waals surface area contributed by atoms with E-state index in [1.54, 1.807) is 50.6 Å². The number of nitrogens with one attached hydrogen (secondary N) is 2. The minimum Gasteiger partial charge on any atom is -0.493 e. The Morgan fingerprint density at radius 1 is 1.10 bits per heavy atom. The standard InChI is InChI=1S/C21H20N4O3S/c1-14(15-4-9-19(27-2)20(10-15)28-3)25-21(26)16(11-22)12-24-17-5-7-18(8-6-17)29-13-23/h4-10,12,14,24H,1-3H3,(H,25,26)/b16-12-. The van der Waals surface area contributed by atoms with E-state index in [2.05, 4.69) is 10.6 Å². The van der Waals surface area contributed by atoms with Crippen molar-refractivity contribution in [3.63, 3.8) is 0 Å². The zero-order chi connectivity index (χ0) is 21.2. The van der Waals surface area contributed by atoms with Crippen LogP contribution >= 0.6 is 11.8 Å². The Labute approximate surface area is 173 Å². The summed E-state index contributed by atoms with van der Waals surface area (Å²) in [6.07, 6.45) is 1.35. The molecular weight excluding hydrogens is 388 g/mol. The van der Waals surface area contributed by atoms with Crippen molar-refractivity contribution in [1.82, 2.24) is 5.32 Å². The second kappa shape index (κ2) is 10.6. The monoisotopic (exact) mass is 408 g/mol. The van der Waals surface area contributed by atoms with Crippen molar-refractivity contribution in [1.29, 1.82) is 10.5 Å². The lowest BCUT2D eigenvalue weighted by Crippen LogP contribution is -2.28. The Kier molecular flexibility index (Phi) is 7.96. The smallest absolute Gasteiger partial charge is 0.263 e. The summed E-state index contributed by atoms with van der Waals surface area (Å²) in [7, 11) is 3.09. The average molecular weight is 408 g/mol. The van der Waals surface area contributed by atoms with Gasteiger partial charge in [-0.1, -0.05) is 6.07 Å². The van der Waals surface area contributed by atoms with Gasteiger partial charge in [-0.15, -0.1) is 0 Å². The van der Waals surface area contributed by atoms with E-state index in [4.69, 9.17) is 14.7 Å². The van der Waals surface area contributed by atoms with E-state index >= 15 is 0 Å². The van der Waals surface area contributed by atoms with Gasteiger partial charge in [-0.2, -0.15) is 10.5 Å². The van der Waals surface area contributed by atoms with Gasteiger partial charge in [0.1, 0.15) is 17.0 Å². The minimum atomic E-state index is -0.501. The van der Waals surface area contributed by atoms with Crippen LogP contribution in [0.3, 0.4) is 0 Å². The van der Waals surface area contributed by atoms with Gasteiger partial charge in [-0.3, -0.25) is 4.79 Å². The molecule has 0 saturated carbocycles. The van der Waals surface area contributed by atoms with E-state index < -0.39 is 5.91 Å². The molecule has 0 heterocycles. The highest BCUT2D eigenvalue weighted by Crippen LogP contribution is 2.30. The van der Waals surface area contributed by atoms with Crippen molar-refractivity contribution < 1.29 is 14.3 Å². The minimum absolute atomic E-state index is 0.0622. The van der Waals surface area contributed by atoms with Gasteiger partial charge in [0.2, 0.25) is 0 Å².